The first kappa shape index (κ1) is 32.0. The zero-order chi connectivity index (χ0) is 34.9. The summed E-state index contributed by atoms with van der Waals surface area (Å²) in [5, 5.41) is 12.1. The normalized spacial score (nSPS) is 27.3. The second kappa shape index (κ2) is 12.0. The first-order valence-electron chi connectivity index (χ1n) is 16.8. The number of nitrogens with zero attached hydrogens (tertiary/aromatic N) is 1. The van der Waals surface area contributed by atoms with Gasteiger partial charge in [-0.25, -0.2) is 4.90 Å². The lowest BCUT2D eigenvalue weighted by Gasteiger charge is -2.55. The van der Waals surface area contributed by atoms with Gasteiger partial charge in [-0.05, 0) is 72.7 Å². The number of carbonyl (C=O) groups excluding carboxylic acids is 4. The molecular formula is C42H34ClNO6. The minimum Gasteiger partial charge on any atom is -0.508 e. The Kier molecular flexibility index (Phi) is 7.64. The molecule has 250 valence electrons. The average Bonchev–Trinajstić information content (AvgIpc) is 3.39. The molecule has 6 unspecified atom stereocenters. The predicted molar refractivity (Wildman–Crippen MR) is 190 cm³/mol. The summed E-state index contributed by atoms with van der Waals surface area (Å²) in [6.07, 6.45) is 3.84. The number of halogens is 1. The van der Waals surface area contributed by atoms with E-state index in [2.05, 4.69) is 0 Å². The van der Waals surface area contributed by atoms with Crippen molar-refractivity contribution in [1.29, 1.82) is 0 Å². The Morgan fingerprint density at radius 3 is 2.28 bits per heavy atom. The van der Waals surface area contributed by atoms with E-state index in [9.17, 15) is 14.7 Å². The Hall–Kier alpha value is -5.27. The summed E-state index contributed by atoms with van der Waals surface area (Å²) in [7, 11) is 1.50. The smallest absolute Gasteiger partial charge is 0.238 e. The Labute approximate surface area is 294 Å². The van der Waals surface area contributed by atoms with Crippen molar-refractivity contribution in [2.45, 2.75) is 31.1 Å². The number of amides is 2. The number of methoxy groups -OCH3 is 1. The summed E-state index contributed by atoms with van der Waals surface area (Å²) < 4.78 is 5.85. The molecule has 2 amide bonds. The maximum atomic E-state index is 15.2. The molecular weight excluding hydrogens is 650 g/mol. The second-order valence-electron chi connectivity index (χ2n) is 13.6. The number of ether oxygens (including phenoxy) is 1. The standard InChI is InChI=1S/C42H34ClNO6/c1-23-16-17-26(20-32(23)43)44-40(48)28-19-18-27-30(36(28)41(44)49)21-31-39(47)29(24-10-5-3-6-11-24)22-35(46)42(31,25-12-7-4-8-13-25)38(27)37-33(45)14-9-15-34(37)50-2/h3-18,20,22,28,30-31,36,38,45H,19,21H2,1-2H3. The molecule has 4 aromatic carbocycles. The molecule has 0 aromatic heterocycles. The van der Waals surface area contributed by atoms with Crippen LogP contribution in [-0.2, 0) is 24.6 Å². The fourth-order valence-electron chi connectivity index (χ4n) is 9.16. The number of hydrogen-bond acceptors (Lipinski definition) is 6. The number of Topliss-reactive ketones (excluding diaryl/α,β-unsaturated/α-hetero) is 1. The molecule has 8 rings (SSSR count). The van der Waals surface area contributed by atoms with E-state index < -0.39 is 35.0 Å². The van der Waals surface area contributed by atoms with Gasteiger partial charge in [-0.15, -0.1) is 0 Å². The molecule has 1 N–H and O–H groups in total. The first-order chi connectivity index (χ1) is 24.2. The lowest BCUT2D eigenvalue weighted by molar-refractivity contribution is -0.135. The highest BCUT2D eigenvalue weighted by atomic mass is 35.5. The number of phenols is 1. The molecule has 50 heavy (non-hydrogen) atoms. The molecule has 6 atom stereocenters. The third kappa shape index (κ3) is 4.49. The number of hydrogen-bond donors (Lipinski definition) is 1. The molecule has 0 radical (unpaired) electrons. The second-order valence-corrected chi connectivity index (χ2v) is 14.0. The molecule has 4 aliphatic rings. The van der Waals surface area contributed by atoms with Crippen molar-refractivity contribution in [1.82, 2.24) is 0 Å². The van der Waals surface area contributed by atoms with Crippen molar-refractivity contribution in [3.8, 4) is 11.5 Å². The molecule has 4 aromatic rings. The van der Waals surface area contributed by atoms with E-state index in [1.807, 2.05) is 73.7 Å². The zero-order valence-corrected chi connectivity index (χ0v) is 28.3. The van der Waals surface area contributed by atoms with Crippen LogP contribution in [0.25, 0.3) is 5.57 Å². The number of rotatable bonds is 5. The number of fused-ring (bicyclic) bond motifs is 4. The van der Waals surface area contributed by atoms with Gasteiger partial charge in [0.05, 0.1) is 30.0 Å². The summed E-state index contributed by atoms with van der Waals surface area (Å²) in [5.74, 6) is -4.75. The van der Waals surface area contributed by atoms with Gasteiger partial charge in [-0.2, -0.15) is 0 Å². The van der Waals surface area contributed by atoms with Crippen molar-refractivity contribution >= 4 is 46.2 Å². The van der Waals surface area contributed by atoms with Crippen LogP contribution in [-0.4, -0.2) is 35.6 Å². The predicted octanol–water partition coefficient (Wildman–Crippen LogP) is 7.39. The number of anilines is 1. The van der Waals surface area contributed by atoms with Crippen LogP contribution in [0.1, 0.15) is 41.0 Å². The number of aromatic hydroxyl groups is 1. The molecule has 3 aliphatic carbocycles. The van der Waals surface area contributed by atoms with Crippen molar-refractivity contribution < 1.29 is 29.0 Å². The number of ketones is 2. The van der Waals surface area contributed by atoms with Gasteiger partial charge >= 0.3 is 0 Å². The molecule has 1 heterocycles. The molecule has 0 bridgehead atoms. The average molecular weight is 684 g/mol. The van der Waals surface area contributed by atoms with Gasteiger partial charge in [0.1, 0.15) is 11.5 Å². The third-order valence-corrected chi connectivity index (χ3v) is 11.7. The van der Waals surface area contributed by atoms with Crippen LogP contribution in [0, 0.1) is 30.6 Å². The minimum absolute atomic E-state index is 0.0880. The van der Waals surface area contributed by atoms with Crippen molar-refractivity contribution in [3.05, 3.63) is 142 Å². The lowest BCUT2D eigenvalue weighted by Crippen LogP contribution is -2.58. The lowest BCUT2D eigenvalue weighted by atomic mass is 9.44. The van der Waals surface area contributed by atoms with Gasteiger partial charge in [0, 0.05) is 28.0 Å². The third-order valence-electron chi connectivity index (χ3n) is 11.3. The van der Waals surface area contributed by atoms with E-state index in [0.29, 0.717) is 38.7 Å². The molecule has 1 saturated heterocycles. The largest absolute Gasteiger partial charge is 0.508 e. The van der Waals surface area contributed by atoms with Gasteiger partial charge in [0.2, 0.25) is 11.8 Å². The van der Waals surface area contributed by atoms with E-state index in [1.165, 1.54) is 18.1 Å². The summed E-state index contributed by atoms with van der Waals surface area (Å²) in [4.78, 5) is 60.1. The number of allylic oxidation sites excluding steroid dienone is 4. The van der Waals surface area contributed by atoms with E-state index in [4.69, 9.17) is 16.3 Å². The first-order valence-corrected chi connectivity index (χ1v) is 17.2. The van der Waals surface area contributed by atoms with E-state index in [-0.39, 0.29) is 42.0 Å². The monoisotopic (exact) mass is 683 g/mol. The maximum Gasteiger partial charge on any atom is 0.238 e. The molecule has 1 aliphatic heterocycles. The Morgan fingerprint density at radius 1 is 0.860 bits per heavy atom. The molecule has 2 fully saturated rings. The minimum atomic E-state index is -1.48. The van der Waals surface area contributed by atoms with Crippen molar-refractivity contribution in [3.63, 3.8) is 0 Å². The highest BCUT2D eigenvalue weighted by Crippen LogP contribution is 2.65. The van der Waals surface area contributed by atoms with Gasteiger partial charge < -0.3 is 9.84 Å². The van der Waals surface area contributed by atoms with Crippen LogP contribution in [0.5, 0.6) is 11.5 Å². The van der Waals surface area contributed by atoms with Crippen LogP contribution in [0.3, 0.4) is 0 Å². The number of imide groups is 1. The van der Waals surface area contributed by atoms with E-state index >= 15 is 9.59 Å². The van der Waals surface area contributed by atoms with Crippen molar-refractivity contribution in [2.75, 3.05) is 12.0 Å². The maximum absolute atomic E-state index is 15.2. The summed E-state index contributed by atoms with van der Waals surface area (Å²) in [6.45, 7) is 1.85. The highest BCUT2D eigenvalue weighted by Gasteiger charge is 2.66. The van der Waals surface area contributed by atoms with Gasteiger partial charge in [0.25, 0.3) is 0 Å². The van der Waals surface area contributed by atoms with E-state index in [0.717, 1.165) is 11.1 Å². The fourth-order valence-corrected chi connectivity index (χ4v) is 9.34. The Balaban J connectivity index is 1.38. The Bertz CT molecular complexity index is 2160. The molecule has 1 saturated carbocycles. The highest BCUT2D eigenvalue weighted by molar-refractivity contribution is 6.33. The molecule has 7 nitrogen and oxygen atoms in total. The SMILES string of the molecule is COc1cccc(O)c1C1C2=CCC3C(=O)N(c4ccc(C)c(Cl)c4)C(=O)C3C2CC2C(=O)C(c3ccccc3)=CC(=O)C21c1ccccc1. The molecule has 0 spiro atoms. The van der Waals surface area contributed by atoms with Crippen LogP contribution in [0.2, 0.25) is 5.02 Å². The van der Waals surface area contributed by atoms with Gasteiger partial charge in [0.15, 0.2) is 11.6 Å². The summed E-state index contributed by atoms with van der Waals surface area (Å²) in [6, 6.07) is 28.5. The topological polar surface area (TPSA) is 101 Å². The molecule has 8 heteroatoms. The van der Waals surface area contributed by atoms with Gasteiger partial charge in [-0.1, -0.05) is 96.0 Å². The number of aryl methyl sites for hydroxylation is 1. The fraction of sp³-hybridized carbons (Fsp3) is 0.238. The summed E-state index contributed by atoms with van der Waals surface area (Å²) in [5.41, 5.74) is 2.42. The van der Waals surface area contributed by atoms with Gasteiger partial charge in [-0.3, -0.25) is 19.2 Å². The van der Waals surface area contributed by atoms with Crippen LogP contribution in [0.15, 0.2) is 115 Å². The Morgan fingerprint density at radius 2 is 1.58 bits per heavy atom. The van der Waals surface area contributed by atoms with Crippen molar-refractivity contribution in [2.24, 2.45) is 23.7 Å². The number of phenolic OH excluding ortho intramolecular Hbond substituents is 1. The number of benzene rings is 4. The van der Waals surface area contributed by atoms with Crippen LogP contribution < -0.4 is 9.64 Å². The van der Waals surface area contributed by atoms with Crippen LogP contribution in [0.4, 0.5) is 5.69 Å². The van der Waals surface area contributed by atoms with Crippen LogP contribution >= 0.6 is 11.6 Å². The summed E-state index contributed by atoms with van der Waals surface area (Å²) >= 11 is 6.46. The quantitative estimate of drug-likeness (QED) is 0.174. The number of carbonyl (C=O) groups is 4. The van der Waals surface area contributed by atoms with E-state index in [1.54, 1.807) is 36.4 Å². The zero-order valence-electron chi connectivity index (χ0n) is 27.5.